The molecule has 2 N–H and O–H groups in total. The molecular weight excluding hydrogens is 232 g/mol. The lowest BCUT2D eigenvalue weighted by Gasteiger charge is -2.34. The summed E-state index contributed by atoms with van der Waals surface area (Å²) in [6, 6.07) is 0.556. The van der Waals surface area contributed by atoms with Crippen LogP contribution in [0.2, 0.25) is 0 Å². The van der Waals surface area contributed by atoms with Crippen LogP contribution in [0.3, 0.4) is 0 Å². The normalized spacial score (nSPS) is 21.3. The van der Waals surface area contributed by atoms with Crippen molar-refractivity contribution in [3.8, 4) is 0 Å². The van der Waals surface area contributed by atoms with Crippen molar-refractivity contribution in [3.05, 3.63) is 0 Å². The number of nitrogens with zero attached hydrogens (tertiary/aromatic N) is 1. The van der Waals surface area contributed by atoms with E-state index in [0.717, 1.165) is 26.2 Å². The Balaban J connectivity index is 1.93. The van der Waals surface area contributed by atoms with Gasteiger partial charge in [0.25, 0.3) is 0 Å². The molecule has 5 heteroatoms. The minimum Gasteiger partial charge on any atom is -0.382 e. The fourth-order valence-electron chi connectivity index (χ4n) is 2.27. The molecule has 1 heterocycles. The lowest BCUT2D eigenvalue weighted by Crippen LogP contribution is -2.45. The molecule has 108 valence electrons. The molecule has 1 unspecified atom stereocenters. The van der Waals surface area contributed by atoms with Gasteiger partial charge < -0.3 is 19.9 Å². The molecule has 0 saturated carbocycles. The maximum Gasteiger partial charge on any atom is 0.0701 e. The number of likely N-dealkylation sites (tertiary alicyclic amines) is 1. The van der Waals surface area contributed by atoms with E-state index in [4.69, 9.17) is 19.9 Å². The highest BCUT2D eigenvalue weighted by Gasteiger charge is 2.20. The quantitative estimate of drug-likeness (QED) is 0.579. The molecule has 0 aromatic heterocycles. The molecule has 0 spiro atoms. The van der Waals surface area contributed by atoms with Gasteiger partial charge in [-0.25, -0.2) is 0 Å². The molecule has 0 aromatic rings. The van der Waals surface area contributed by atoms with Crippen LogP contribution in [0.5, 0.6) is 0 Å². The van der Waals surface area contributed by atoms with E-state index in [1.54, 1.807) is 7.11 Å². The third kappa shape index (κ3) is 6.66. The average molecular weight is 260 g/mol. The van der Waals surface area contributed by atoms with Gasteiger partial charge in [-0.15, -0.1) is 0 Å². The lowest BCUT2D eigenvalue weighted by atomic mass is 10.0. The first-order valence-corrected chi connectivity index (χ1v) is 6.97. The summed E-state index contributed by atoms with van der Waals surface area (Å²) >= 11 is 0. The Hall–Kier alpha value is -0.200. The molecule has 0 bridgehead atoms. The average Bonchev–Trinajstić information content (AvgIpc) is 2.42. The Morgan fingerprint density at radius 1 is 1.06 bits per heavy atom. The van der Waals surface area contributed by atoms with Gasteiger partial charge in [0.15, 0.2) is 0 Å². The third-order valence-corrected chi connectivity index (χ3v) is 3.35. The highest BCUT2D eigenvalue weighted by Crippen LogP contribution is 2.15. The molecule has 0 amide bonds. The zero-order chi connectivity index (χ0) is 13.1. The van der Waals surface area contributed by atoms with Crippen LogP contribution in [0.4, 0.5) is 0 Å². The molecule has 1 rings (SSSR count). The molecule has 1 saturated heterocycles. The Kier molecular flexibility index (Phi) is 9.42. The largest absolute Gasteiger partial charge is 0.382 e. The third-order valence-electron chi connectivity index (χ3n) is 3.35. The summed E-state index contributed by atoms with van der Waals surface area (Å²) in [6.07, 6.45) is 3.83. The highest BCUT2D eigenvalue weighted by molar-refractivity contribution is 4.77. The molecule has 18 heavy (non-hydrogen) atoms. The first-order chi connectivity index (χ1) is 8.88. The topological polar surface area (TPSA) is 57.0 Å². The second-order valence-electron chi connectivity index (χ2n) is 4.64. The zero-order valence-electron chi connectivity index (χ0n) is 11.6. The monoisotopic (exact) mass is 260 g/mol. The van der Waals surface area contributed by atoms with Gasteiger partial charge in [-0.1, -0.05) is 6.42 Å². The number of piperidine rings is 1. The SMILES string of the molecule is COCCOCCOCCN1CCCCC1CN. The minimum absolute atomic E-state index is 0.556. The van der Waals surface area contributed by atoms with Crippen LogP contribution in [0.15, 0.2) is 0 Å². The summed E-state index contributed by atoms with van der Waals surface area (Å²) < 4.78 is 15.8. The maximum absolute atomic E-state index is 5.78. The minimum atomic E-state index is 0.556. The van der Waals surface area contributed by atoms with Crippen LogP contribution < -0.4 is 5.73 Å². The van der Waals surface area contributed by atoms with Gasteiger partial charge in [0, 0.05) is 26.2 Å². The van der Waals surface area contributed by atoms with Gasteiger partial charge in [-0.2, -0.15) is 0 Å². The zero-order valence-corrected chi connectivity index (χ0v) is 11.6. The first-order valence-electron chi connectivity index (χ1n) is 6.97. The Bertz CT molecular complexity index is 193. The van der Waals surface area contributed by atoms with Crippen molar-refractivity contribution in [3.63, 3.8) is 0 Å². The maximum atomic E-state index is 5.78. The fourth-order valence-corrected chi connectivity index (χ4v) is 2.27. The standard InChI is InChI=1S/C13H28N2O3/c1-16-8-9-18-11-10-17-7-6-15-5-3-2-4-13(15)12-14/h13H,2-12,14H2,1H3. The molecule has 1 fully saturated rings. The first kappa shape index (κ1) is 15.9. The predicted molar refractivity (Wildman–Crippen MR) is 71.8 cm³/mol. The summed E-state index contributed by atoms with van der Waals surface area (Å²) in [7, 11) is 1.67. The Morgan fingerprint density at radius 3 is 2.50 bits per heavy atom. The summed E-state index contributed by atoms with van der Waals surface area (Å²) in [5.74, 6) is 0. The van der Waals surface area contributed by atoms with Crippen molar-refractivity contribution in [2.75, 3.05) is 59.8 Å². The number of ether oxygens (including phenoxy) is 3. The van der Waals surface area contributed by atoms with Gasteiger partial charge in [-0.3, -0.25) is 4.90 Å². The molecular formula is C13H28N2O3. The molecule has 1 aliphatic heterocycles. The number of hydrogen-bond acceptors (Lipinski definition) is 5. The summed E-state index contributed by atoms with van der Waals surface area (Å²) in [5, 5.41) is 0. The molecule has 0 aromatic carbocycles. The van der Waals surface area contributed by atoms with E-state index < -0.39 is 0 Å². The smallest absolute Gasteiger partial charge is 0.0701 e. The van der Waals surface area contributed by atoms with E-state index >= 15 is 0 Å². The number of rotatable bonds is 10. The van der Waals surface area contributed by atoms with Crippen LogP contribution in [0.1, 0.15) is 19.3 Å². The molecule has 5 nitrogen and oxygen atoms in total. The molecule has 1 atom stereocenters. The van der Waals surface area contributed by atoms with Crippen molar-refractivity contribution in [1.29, 1.82) is 0 Å². The summed E-state index contributed by atoms with van der Waals surface area (Å²) in [6.45, 7) is 6.27. The lowest BCUT2D eigenvalue weighted by molar-refractivity contribution is 0.0142. The van der Waals surface area contributed by atoms with Crippen molar-refractivity contribution >= 4 is 0 Å². The summed E-state index contributed by atoms with van der Waals surface area (Å²) in [5.41, 5.74) is 5.78. The second-order valence-corrected chi connectivity index (χ2v) is 4.64. The van der Waals surface area contributed by atoms with Crippen LogP contribution in [0, 0.1) is 0 Å². The van der Waals surface area contributed by atoms with E-state index in [9.17, 15) is 0 Å². The number of methoxy groups -OCH3 is 1. The van der Waals surface area contributed by atoms with Crippen molar-refractivity contribution in [2.24, 2.45) is 5.73 Å². The van der Waals surface area contributed by atoms with Gasteiger partial charge in [0.05, 0.1) is 33.0 Å². The number of hydrogen-bond donors (Lipinski definition) is 1. The van der Waals surface area contributed by atoms with E-state index in [1.807, 2.05) is 0 Å². The van der Waals surface area contributed by atoms with Crippen LogP contribution in [-0.2, 0) is 14.2 Å². The molecule has 1 aliphatic rings. The predicted octanol–water partition coefficient (Wildman–Crippen LogP) is 0.479. The van der Waals surface area contributed by atoms with Gasteiger partial charge >= 0.3 is 0 Å². The van der Waals surface area contributed by atoms with Crippen molar-refractivity contribution < 1.29 is 14.2 Å². The van der Waals surface area contributed by atoms with Gasteiger partial charge in [-0.05, 0) is 19.4 Å². The van der Waals surface area contributed by atoms with E-state index in [2.05, 4.69) is 4.90 Å². The summed E-state index contributed by atoms with van der Waals surface area (Å²) in [4.78, 5) is 2.45. The number of nitrogens with two attached hydrogens (primary N) is 1. The van der Waals surface area contributed by atoms with E-state index in [-0.39, 0.29) is 0 Å². The second kappa shape index (κ2) is 10.7. The van der Waals surface area contributed by atoms with Crippen molar-refractivity contribution in [2.45, 2.75) is 25.3 Å². The van der Waals surface area contributed by atoms with Crippen LogP contribution in [-0.4, -0.2) is 70.7 Å². The van der Waals surface area contributed by atoms with E-state index in [0.29, 0.717) is 32.5 Å². The van der Waals surface area contributed by atoms with Crippen LogP contribution in [0.25, 0.3) is 0 Å². The Labute approximate surface area is 111 Å². The van der Waals surface area contributed by atoms with E-state index in [1.165, 1.54) is 19.3 Å². The van der Waals surface area contributed by atoms with Crippen LogP contribution >= 0.6 is 0 Å². The van der Waals surface area contributed by atoms with Crippen molar-refractivity contribution in [1.82, 2.24) is 4.90 Å². The molecule has 0 aliphatic carbocycles. The fraction of sp³-hybridized carbons (Fsp3) is 1.00. The Morgan fingerprint density at radius 2 is 1.78 bits per heavy atom. The van der Waals surface area contributed by atoms with Gasteiger partial charge in [0.2, 0.25) is 0 Å². The molecule has 0 radical (unpaired) electrons. The van der Waals surface area contributed by atoms with Gasteiger partial charge in [0.1, 0.15) is 0 Å². The highest BCUT2D eigenvalue weighted by atomic mass is 16.5.